The molecule has 0 aromatic heterocycles. The molecule has 0 aliphatic carbocycles. The number of esters is 1. The van der Waals surface area contributed by atoms with E-state index in [-0.39, 0.29) is 18.9 Å². The van der Waals surface area contributed by atoms with Gasteiger partial charge in [-0.25, -0.2) is 4.79 Å². The van der Waals surface area contributed by atoms with Gasteiger partial charge in [0, 0.05) is 24.3 Å². The number of nitrogens with one attached hydrogen (secondary N) is 2. The van der Waals surface area contributed by atoms with Crippen molar-refractivity contribution in [1.29, 1.82) is 0 Å². The summed E-state index contributed by atoms with van der Waals surface area (Å²) in [5.41, 5.74) is 2.30. The molecule has 0 fully saturated rings. The average molecular weight is 519 g/mol. The molecule has 0 aliphatic heterocycles. The van der Waals surface area contributed by atoms with Gasteiger partial charge < -0.3 is 15.4 Å². The van der Waals surface area contributed by atoms with E-state index in [0.29, 0.717) is 12.0 Å². The van der Waals surface area contributed by atoms with Crippen LogP contribution in [0, 0.1) is 11.8 Å². The summed E-state index contributed by atoms with van der Waals surface area (Å²) in [5.74, 6) is 3.90. The number of amides is 2. The van der Waals surface area contributed by atoms with Gasteiger partial charge in [0.05, 0.1) is 12.6 Å². The number of fused-ring (bicyclic) bond motifs is 1. The van der Waals surface area contributed by atoms with Crippen LogP contribution in [0.2, 0.25) is 0 Å². The minimum atomic E-state index is -0.867. The van der Waals surface area contributed by atoms with Crippen LogP contribution in [-0.4, -0.2) is 36.5 Å². The maximum atomic E-state index is 13.6. The topological polar surface area (TPSA) is 84.5 Å². The van der Waals surface area contributed by atoms with Crippen LogP contribution in [0.5, 0.6) is 0 Å². The Morgan fingerprint density at radius 2 is 1.36 bits per heavy atom. The monoisotopic (exact) mass is 518 g/mol. The summed E-state index contributed by atoms with van der Waals surface area (Å²) in [4.78, 5) is 38.8. The zero-order chi connectivity index (χ0) is 27.5. The minimum Gasteiger partial charge on any atom is -0.456 e. The molecule has 2 unspecified atom stereocenters. The second-order valence-corrected chi connectivity index (χ2v) is 9.02. The molecule has 6 nitrogen and oxygen atoms in total. The molecule has 0 saturated heterocycles. The summed E-state index contributed by atoms with van der Waals surface area (Å²) in [7, 11) is 0. The third-order valence-electron chi connectivity index (χ3n) is 6.14. The van der Waals surface area contributed by atoms with Crippen LogP contribution in [0.25, 0.3) is 10.8 Å². The largest absolute Gasteiger partial charge is 0.456 e. The summed E-state index contributed by atoms with van der Waals surface area (Å²) in [6, 6.07) is 30.7. The van der Waals surface area contributed by atoms with Crippen molar-refractivity contribution in [1.82, 2.24) is 10.6 Å². The lowest BCUT2D eigenvalue weighted by molar-refractivity contribution is -0.136. The normalized spacial score (nSPS) is 11.9. The van der Waals surface area contributed by atoms with E-state index in [1.54, 1.807) is 13.0 Å². The predicted molar refractivity (Wildman–Crippen MR) is 152 cm³/mol. The van der Waals surface area contributed by atoms with Crippen LogP contribution >= 0.6 is 0 Å². The van der Waals surface area contributed by atoms with Crippen molar-refractivity contribution in [2.24, 2.45) is 0 Å². The van der Waals surface area contributed by atoms with Gasteiger partial charge in [0.1, 0.15) is 6.04 Å². The first kappa shape index (κ1) is 27.2. The number of ether oxygens (including phenoxy) is 1. The molecule has 39 heavy (non-hydrogen) atoms. The highest BCUT2D eigenvalue weighted by Crippen LogP contribution is 2.16. The predicted octanol–water partition coefficient (Wildman–Crippen LogP) is 4.47. The van der Waals surface area contributed by atoms with Crippen molar-refractivity contribution in [2.75, 3.05) is 6.61 Å². The van der Waals surface area contributed by atoms with E-state index in [0.717, 1.165) is 21.9 Å². The van der Waals surface area contributed by atoms with E-state index < -0.39 is 24.0 Å². The zero-order valence-corrected chi connectivity index (χ0v) is 21.7. The van der Waals surface area contributed by atoms with Gasteiger partial charge in [0.15, 0.2) is 0 Å². The lowest BCUT2D eigenvalue weighted by atomic mass is 10.0. The molecule has 4 rings (SSSR count). The SMILES string of the molecule is CCOC(=O)C#CC(Cc1ccccc1)NC(=O)C(Cc1ccccc1)NC(=O)c1ccc2ccccc2c1. The molecule has 2 N–H and O–H groups in total. The van der Waals surface area contributed by atoms with Crippen molar-refractivity contribution in [3.05, 3.63) is 120 Å². The molecule has 196 valence electrons. The fourth-order valence-corrected chi connectivity index (χ4v) is 4.20. The summed E-state index contributed by atoms with van der Waals surface area (Å²) in [5, 5.41) is 7.81. The second kappa shape index (κ2) is 13.6. The second-order valence-electron chi connectivity index (χ2n) is 9.02. The average Bonchev–Trinajstić information content (AvgIpc) is 2.96. The molecule has 0 aliphatic rings. The van der Waals surface area contributed by atoms with Gasteiger partial charge in [-0.2, -0.15) is 0 Å². The summed E-state index contributed by atoms with van der Waals surface area (Å²) < 4.78 is 4.92. The van der Waals surface area contributed by atoms with Gasteiger partial charge in [-0.3, -0.25) is 9.59 Å². The molecule has 6 heteroatoms. The molecule has 0 radical (unpaired) electrons. The standard InChI is InChI=1S/C33H30N2O4/c1-2-39-31(36)20-19-29(21-24-11-5-3-6-12-24)34-33(38)30(22-25-13-7-4-8-14-25)35-32(37)28-18-17-26-15-9-10-16-27(26)23-28/h3-18,23,29-30H,2,21-22H2,1H3,(H,34,38)(H,35,37). The van der Waals surface area contributed by atoms with Crippen LogP contribution < -0.4 is 10.6 Å². The molecule has 0 heterocycles. The van der Waals surface area contributed by atoms with Crippen LogP contribution in [-0.2, 0) is 27.2 Å². The van der Waals surface area contributed by atoms with Crippen LogP contribution in [0.1, 0.15) is 28.4 Å². The molecule has 4 aromatic carbocycles. The Morgan fingerprint density at radius 1 is 0.744 bits per heavy atom. The van der Waals surface area contributed by atoms with Crippen molar-refractivity contribution in [3.8, 4) is 11.8 Å². The van der Waals surface area contributed by atoms with E-state index >= 15 is 0 Å². The molecule has 4 aromatic rings. The number of hydrogen-bond donors (Lipinski definition) is 2. The van der Waals surface area contributed by atoms with E-state index in [4.69, 9.17) is 4.74 Å². The van der Waals surface area contributed by atoms with Gasteiger partial charge in [0.2, 0.25) is 5.91 Å². The lowest BCUT2D eigenvalue weighted by Gasteiger charge is -2.21. The smallest absolute Gasteiger partial charge is 0.384 e. The first-order valence-corrected chi connectivity index (χ1v) is 12.9. The first-order chi connectivity index (χ1) is 19.0. The number of carbonyl (C=O) groups excluding carboxylic acids is 3. The van der Waals surface area contributed by atoms with Crippen molar-refractivity contribution in [3.63, 3.8) is 0 Å². The molecule has 2 atom stereocenters. The molecule has 2 amide bonds. The Morgan fingerprint density at radius 3 is 2.03 bits per heavy atom. The lowest BCUT2D eigenvalue weighted by Crippen LogP contribution is -2.51. The van der Waals surface area contributed by atoms with Crippen LogP contribution in [0.3, 0.4) is 0 Å². The Balaban J connectivity index is 1.56. The Bertz CT molecular complexity index is 1490. The maximum Gasteiger partial charge on any atom is 0.384 e. The molecular formula is C33H30N2O4. The quantitative estimate of drug-likeness (QED) is 0.195. The fraction of sp³-hybridized carbons (Fsp3) is 0.182. The molecule has 0 spiro atoms. The zero-order valence-electron chi connectivity index (χ0n) is 21.7. The van der Waals surface area contributed by atoms with E-state index in [1.165, 1.54) is 0 Å². The highest BCUT2D eigenvalue weighted by molar-refractivity contribution is 6.00. The first-order valence-electron chi connectivity index (χ1n) is 12.9. The number of rotatable bonds is 9. The Labute approximate surface area is 228 Å². The summed E-state index contributed by atoms with van der Waals surface area (Å²) in [6.45, 7) is 1.92. The summed E-state index contributed by atoms with van der Waals surface area (Å²) in [6.07, 6.45) is 0.672. The van der Waals surface area contributed by atoms with Crippen molar-refractivity contribution < 1.29 is 19.1 Å². The van der Waals surface area contributed by atoms with E-state index in [1.807, 2.05) is 97.1 Å². The van der Waals surface area contributed by atoms with E-state index in [9.17, 15) is 14.4 Å². The van der Waals surface area contributed by atoms with Gasteiger partial charge >= 0.3 is 5.97 Å². The highest BCUT2D eigenvalue weighted by Gasteiger charge is 2.24. The van der Waals surface area contributed by atoms with Crippen LogP contribution in [0.4, 0.5) is 0 Å². The maximum absolute atomic E-state index is 13.6. The van der Waals surface area contributed by atoms with Crippen molar-refractivity contribution in [2.45, 2.75) is 31.8 Å². The number of hydrogen-bond acceptors (Lipinski definition) is 4. The molecule has 0 saturated carbocycles. The Hall–Kier alpha value is -4.89. The van der Waals surface area contributed by atoms with Gasteiger partial charge in [-0.05, 0) is 41.0 Å². The van der Waals surface area contributed by atoms with Crippen LogP contribution in [0.15, 0.2) is 103 Å². The minimum absolute atomic E-state index is 0.211. The molecule has 0 bridgehead atoms. The van der Waals surface area contributed by atoms with Crippen molar-refractivity contribution >= 4 is 28.6 Å². The third kappa shape index (κ3) is 8.05. The molecular weight excluding hydrogens is 488 g/mol. The number of benzene rings is 4. The third-order valence-corrected chi connectivity index (χ3v) is 6.14. The fourth-order valence-electron chi connectivity index (χ4n) is 4.20. The number of carbonyl (C=O) groups is 3. The summed E-state index contributed by atoms with van der Waals surface area (Å²) >= 11 is 0. The Kier molecular flexibility index (Phi) is 9.47. The van der Waals surface area contributed by atoms with E-state index in [2.05, 4.69) is 22.5 Å². The highest BCUT2D eigenvalue weighted by atomic mass is 16.5. The van der Waals surface area contributed by atoms with Gasteiger partial charge in [-0.15, -0.1) is 0 Å². The van der Waals surface area contributed by atoms with Gasteiger partial charge in [-0.1, -0.05) is 96.9 Å². The van der Waals surface area contributed by atoms with Gasteiger partial charge in [0.25, 0.3) is 5.91 Å².